The maximum absolute atomic E-state index is 11.5. The van der Waals surface area contributed by atoms with Crippen LogP contribution in [-0.4, -0.2) is 17.0 Å². The first-order valence-corrected chi connectivity index (χ1v) is 5.07. The lowest BCUT2D eigenvalue weighted by Crippen LogP contribution is -2.46. The van der Waals surface area contributed by atoms with Gasteiger partial charge in [-0.2, -0.15) is 5.90 Å². The molecule has 3 atom stereocenters. The van der Waals surface area contributed by atoms with Gasteiger partial charge < -0.3 is 9.94 Å². The molecule has 1 saturated carbocycles. The van der Waals surface area contributed by atoms with E-state index in [-0.39, 0.29) is 11.8 Å². The maximum Gasteiger partial charge on any atom is 0.341 e. The van der Waals surface area contributed by atoms with Crippen molar-refractivity contribution in [3.8, 4) is 0 Å². The van der Waals surface area contributed by atoms with Crippen molar-refractivity contribution in [2.24, 2.45) is 23.1 Å². The van der Waals surface area contributed by atoms with Gasteiger partial charge >= 0.3 is 11.9 Å². The van der Waals surface area contributed by atoms with Gasteiger partial charge in [-0.05, 0) is 31.1 Å². The summed E-state index contributed by atoms with van der Waals surface area (Å²) in [6.07, 6.45) is 1.55. The molecule has 0 heterocycles. The molecule has 0 spiro atoms. The molecular formula is C10H17NO4. The Bertz CT molecular complexity index is 267. The van der Waals surface area contributed by atoms with Crippen molar-refractivity contribution in [1.82, 2.24) is 0 Å². The maximum atomic E-state index is 11.5. The fourth-order valence-corrected chi connectivity index (χ4v) is 2.67. The minimum atomic E-state index is -1.44. The van der Waals surface area contributed by atoms with E-state index >= 15 is 0 Å². The quantitative estimate of drug-likeness (QED) is 0.528. The molecule has 0 aromatic heterocycles. The standard InChI is InChI=1S/C10H17NO4/c1-6-3-7(2)5-10(4-6,8(12)13)9(14)15-11/h6-7H,3-5,11H2,1-2H3,(H,12,13)/t6-,7+,10?. The third-order valence-electron chi connectivity index (χ3n) is 3.11. The van der Waals surface area contributed by atoms with Crippen LogP contribution < -0.4 is 5.90 Å². The van der Waals surface area contributed by atoms with Crippen LogP contribution in [0, 0.1) is 17.3 Å². The molecule has 0 aromatic carbocycles. The zero-order valence-electron chi connectivity index (χ0n) is 9.03. The van der Waals surface area contributed by atoms with E-state index in [0.29, 0.717) is 12.8 Å². The molecule has 1 unspecified atom stereocenters. The summed E-state index contributed by atoms with van der Waals surface area (Å²) in [5.41, 5.74) is -1.44. The SMILES string of the molecule is C[C@@H]1C[C@H](C)CC(C(=O)O)(C(=O)ON)C1. The summed E-state index contributed by atoms with van der Waals surface area (Å²) in [6.45, 7) is 3.88. The van der Waals surface area contributed by atoms with Gasteiger partial charge in [-0.25, -0.2) is 4.79 Å². The fraction of sp³-hybridized carbons (Fsp3) is 0.800. The molecule has 1 rings (SSSR count). The van der Waals surface area contributed by atoms with E-state index in [2.05, 4.69) is 4.84 Å². The first kappa shape index (κ1) is 12.0. The van der Waals surface area contributed by atoms with Crippen LogP contribution in [0.3, 0.4) is 0 Å². The molecule has 86 valence electrons. The highest BCUT2D eigenvalue weighted by molar-refractivity contribution is 5.99. The number of carbonyl (C=O) groups is 2. The lowest BCUT2D eigenvalue weighted by atomic mass is 9.66. The van der Waals surface area contributed by atoms with E-state index in [0.717, 1.165) is 6.42 Å². The van der Waals surface area contributed by atoms with E-state index in [1.165, 1.54) is 0 Å². The largest absolute Gasteiger partial charge is 0.480 e. The number of hydrogen-bond donors (Lipinski definition) is 2. The van der Waals surface area contributed by atoms with Crippen molar-refractivity contribution in [1.29, 1.82) is 0 Å². The molecule has 0 amide bonds. The van der Waals surface area contributed by atoms with Crippen molar-refractivity contribution in [2.45, 2.75) is 33.1 Å². The van der Waals surface area contributed by atoms with Gasteiger partial charge in [-0.15, -0.1) is 0 Å². The molecule has 0 radical (unpaired) electrons. The molecule has 0 aliphatic heterocycles. The van der Waals surface area contributed by atoms with Crippen molar-refractivity contribution < 1.29 is 19.5 Å². The van der Waals surface area contributed by atoms with Crippen LogP contribution >= 0.6 is 0 Å². The van der Waals surface area contributed by atoms with Crippen molar-refractivity contribution >= 4 is 11.9 Å². The second-order valence-electron chi connectivity index (χ2n) is 4.65. The van der Waals surface area contributed by atoms with Gasteiger partial charge in [-0.3, -0.25) is 4.79 Å². The Kier molecular flexibility index (Phi) is 3.34. The highest BCUT2D eigenvalue weighted by Crippen LogP contribution is 2.43. The summed E-state index contributed by atoms with van der Waals surface area (Å²) in [5.74, 6) is 3.25. The smallest absolute Gasteiger partial charge is 0.341 e. The van der Waals surface area contributed by atoms with Gasteiger partial charge in [-0.1, -0.05) is 13.8 Å². The predicted molar refractivity (Wildman–Crippen MR) is 52.5 cm³/mol. The number of nitrogens with two attached hydrogens (primary N) is 1. The minimum absolute atomic E-state index is 0.198. The van der Waals surface area contributed by atoms with Gasteiger partial charge in [0.25, 0.3) is 0 Å². The summed E-state index contributed by atoms with van der Waals surface area (Å²) in [6, 6.07) is 0. The van der Waals surface area contributed by atoms with E-state index < -0.39 is 17.4 Å². The Hall–Kier alpha value is -1.10. The Morgan fingerprint density at radius 2 is 1.80 bits per heavy atom. The summed E-state index contributed by atoms with van der Waals surface area (Å²) >= 11 is 0. The van der Waals surface area contributed by atoms with Gasteiger partial charge in [0, 0.05) is 0 Å². The first-order valence-electron chi connectivity index (χ1n) is 5.07. The topological polar surface area (TPSA) is 89.6 Å². The van der Waals surface area contributed by atoms with E-state index in [4.69, 9.17) is 11.0 Å². The van der Waals surface area contributed by atoms with E-state index in [9.17, 15) is 9.59 Å². The average Bonchev–Trinajstić information content (AvgIpc) is 2.14. The highest BCUT2D eigenvalue weighted by Gasteiger charge is 2.51. The van der Waals surface area contributed by atoms with Crippen LogP contribution in [0.2, 0.25) is 0 Å². The Balaban J connectivity index is 2.99. The van der Waals surface area contributed by atoms with Gasteiger partial charge in [0.15, 0.2) is 5.41 Å². The monoisotopic (exact) mass is 215 g/mol. The van der Waals surface area contributed by atoms with E-state index in [1.54, 1.807) is 0 Å². The molecule has 15 heavy (non-hydrogen) atoms. The fourth-order valence-electron chi connectivity index (χ4n) is 2.67. The zero-order chi connectivity index (χ0) is 11.6. The number of hydrogen-bond acceptors (Lipinski definition) is 4. The number of rotatable bonds is 2. The summed E-state index contributed by atoms with van der Waals surface area (Å²) in [5, 5.41) is 9.17. The Morgan fingerprint density at radius 1 is 1.33 bits per heavy atom. The van der Waals surface area contributed by atoms with Crippen LogP contribution in [0.1, 0.15) is 33.1 Å². The number of aliphatic carboxylic acids is 1. The minimum Gasteiger partial charge on any atom is -0.480 e. The number of carboxylic acid groups (broad SMARTS) is 1. The number of carboxylic acids is 1. The van der Waals surface area contributed by atoms with Crippen molar-refractivity contribution in [2.75, 3.05) is 0 Å². The summed E-state index contributed by atoms with van der Waals surface area (Å²) in [7, 11) is 0. The lowest BCUT2D eigenvalue weighted by Gasteiger charge is -2.36. The molecule has 1 aliphatic carbocycles. The zero-order valence-corrected chi connectivity index (χ0v) is 9.03. The third kappa shape index (κ3) is 2.12. The molecule has 0 saturated heterocycles. The van der Waals surface area contributed by atoms with Crippen LogP contribution in [0.4, 0.5) is 0 Å². The number of carbonyl (C=O) groups excluding carboxylic acids is 1. The molecule has 0 aromatic rings. The molecule has 5 heteroatoms. The highest BCUT2D eigenvalue weighted by atomic mass is 16.7. The third-order valence-corrected chi connectivity index (χ3v) is 3.11. The Labute approximate surface area is 88.5 Å². The second kappa shape index (κ2) is 4.18. The molecule has 0 bridgehead atoms. The second-order valence-corrected chi connectivity index (χ2v) is 4.65. The van der Waals surface area contributed by atoms with Crippen LogP contribution in [-0.2, 0) is 14.4 Å². The molecule has 1 aliphatic rings. The average molecular weight is 215 g/mol. The molecule has 1 fully saturated rings. The normalized spacial score (nSPS) is 35.9. The molecule has 3 N–H and O–H groups in total. The van der Waals surface area contributed by atoms with Crippen LogP contribution in [0.15, 0.2) is 0 Å². The van der Waals surface area contributed by atoms with Crippen molar-refractivity contribution in [3.63, 3.8) is 0 Å². The van der Waals surface area contributed by atoms with E-state index in [1.807, 2.05) is 13.8 Å². The van der Waals surface area contributed by atoms with Gasteiger partial charge in [0.05, 0.1) is 0 Å². The Morgan fingerprint density at radius 3 is 2.13 bits per heavy atom. The van der Waals surface area contributed by atoms with Gasteiger partial charge in [0.2, 0.25) is 0 Å². The van der Waals surface area contributed by atoms with Crippen LogP contribution in [0.5, 0.6) is 0 Å². The molecule has 5 nitrogen and oxygen atoms in total. The predicted octanol–water partition coefficient (Wildman–Crippen LogP) is 0.930. The molecular weight excluding hydrogens is 198 g/mol. The summed E-state index contributed by atoms with van der Waals surface area (Å²) < 4.78 is 0. The lowest BCUT2D eigenvalue weighted by molar-refractivity contribution is -0.174. The van der Waals surface area contributed by atoms with Crippen LogP contribution in [0.25, 0.3) is 0 Å². The summed E-state index contributed by atoms with van der Waals surface area (Å²) in [4.78, 5) is 26.8. The van der Waals surface area contributed by atoms with Crippen molar-refractivity contribution in [3.05, 3.63) is 0 Å². The van der Waals surface area contributed by atoms with Gasteiger partial charge in [0.1, 0.15) is 0 Å². The first-order chi connectivity index (χ1) is 6.92.